The lowest BCUT2D eigenvalue weighted by molar-refractivity contribution is 0.0834. The second kappa shape index (κ2) is 5.38. The van der Waals surface area contributed by atoms with Gasteiger partial charge in [0.05, 0.1) is 18.4 Å². The largest absolute Gasteiger partial charge is 0.462 e. The van der Waals surface area contributed by atoms with Crippen LogP contribution in [0.15, 0.2) is 28.2 Å². The summed E-state index contributed by atoms with van der Waals surface area (Å²) in [7, 11) is 0. The average Bonchev–Trinajstić information content (AvgIpc) is 3.19. The Morgan fingerprint density at radius 3 is 2.95 bits per heavy atom. The fourth-order valence-corrected chi connectivity index (χ4v) is 3.34. The number of aliphatic hydroxyl groups excluding tert-OH is 1. The first-order valence-corrected chi connectivity index (χ1v) is 7.53. The van der Waals surface area contributed by atoms with Gasteiger partial charge in [-0.05, 0) is 25.0 Å². The van der Waals surface area contributed by atoms with Gasteiger partial charge in [-0.2, -0.15) is 0 Å². The number of rotatable bonds is 4. The van der Waals surface area contributed by atoms with E-state index in [-0.39, 0.29) is 12.5 Å². The number of amides is 1. The molecule has 1 aliphatic carbocycles. The third-order valence-corrected chi connectivity index (χ3v) is 4.57. The van der Waals surface area contributed by atoms with E-state index in [2.05, 4.69) is 10.3 Å². The Balaban J connectivity index is 1.74. The van der Waals surface area contributed by atoms with Gasteiger partial charge in [0, 0.05) is 5.38 Å². The molecule has 20 heavy (non-hydrogen) atoms. The average molecular weight is 292 g/mol. The molecule has 2 aromatic heterocycles. The monoisotopic (exact) mass is 292 g/mol. The van der Waals surface area contributed by atoms with Gasteiger partial charge < -0.3 is 14.8 Å². The highest BCUT2D eigenvalue weighted by Gasteiger charge is 2.35. The fraction of sp³-hybridized carbons (Fsp3) is 0.429. The van der Waals surface area contributed by atoms with Crippen molar-refractivity contribution in [3.63, 3.8) is 0 Å². The molecule has 0 aromatic carbocycles. The van der Waals surface area contributed by atoms with Crippen molar-refractivity contribution in [2.75, 3.05) is 6.61 Å². The van der Waals surface area contributed by atoms with E-state index < -0.39 is 5.54 Å². The van der Waals surface area contributed by atoms with Crippen molar-refractivity contribution < 1.29 is 14.3 Å². The van der Waals surface area contributed by atoms with E-state index in [1.807, 2.05) is 6.07 Å². The maximum Gasteiger partial charge on any atom is 0.271 e. The number of furan rings is 1. The van der Waals surface area contributed by atoms with E-state index in [4.69, 9.17) is 4.42 Å². The van der Waals surface area contributed by atoms with Crippen LogP contribution in [0, 0.1) is 0 Å². The first-order valence-electron chi connectivity index (χ1n) is 6.65. The van der Waals surface area contributed by atoms with Gasteiger partial charge in [-0.15, -0.1) is 11.3 Å². The third kappa shape index (κ3) is 2.48. The second-order valence-corrected chi connectivity index (χ2v) is 5.97. The minimum absolute atomic E-state index is 0.0199. The van der Waals surface area contributed by atoms with Gasteiger partial charge in [-0.3, -0.25) is 4.79 Å². The van der Waals surface area contributed by atoms with E-state index in [1.165, 1.54) is 11.3 Å². The molecule has 1 saturated carbocycles. The van der Waals surface area contributed by atoms with E-state index in [1.54, 1.807) is 17.7 Å². The number of thiazole rings is 1. The first kappa shape index (κ1) is 13.3. The molecule has 5 nitrogen and oxygen atoms in total. The summed E-state index contributed by atoms with van der Waals surface area (Å²) >= 11 is 1.37. The molecule has 3 rings (SSSR count). The SMILES string of the molecule is O=C(NC1(CO)CCCC1)c1csc(-c2ccco2)n1. The number of nitrogens with one attached hydrogen (secondary N) is 1. The number of nitrogens with zero attached hydrogens (tertiary/aromatic N) is 1. The molecule has 6 heteroatoms. The molecule has 0 saturated heterocycles. The molecule has 2 N–H and O–H groups in total. The molecule has 2 aromatic rings. The molecule has 2 heterocycles. The number of carbonyl (C=O) groups excluding carboxylic acids is 1. The predicted molar refractivity (Wildman–Crippen MR) is 75.6 cm³/mol. The second-order valence-electron chi connectivity index (χ2n) is 5.11. The van der Waals surface area contributed by atoms with Crippen LogP contribution in [0.2, 0.25) is 0 Å². The summed E-state index contributed by atoms with van der Waals surface area (Å²) in [5.41, 5.74) is -0.0907. The zero-order valence-electron chi connectivity index (χ0n) is 11.0. The van der Waals surface area contributed by atoms with Gasteiger partial charge in [0.2, 0.25) is 0 Å². The summed E-state index contributed by atoms with van der Waals surface area (Å²) < 4.78 is 5.26. The summed E-state index contributed by atoms with van der Waals surface area (Å²) in [4.78, 5) is 16.5. The minimum atomic E-state index is -0.467. The van der Waals surface area contributed by atoms with E-state index >= 15 is 0 Å². The number of hydrogen-bond acceptors (Lipinski definition) is 5. The van der Waals surface area contributed by atoms with E-state index in [0.29, 0.717) is 16.5 Å². The molecular formula is C14H16N2O3S. The van der Waals surface area contributed by atoms with Crippen molar-refractivity contribution in [3.05, 3.63) is 29.5 Å². The Morgan fingerprint density at radius 2 is 2.30 bits per heavy atom. The van der Waals surface area contributed by atoms with Crippen molar-refractivity contribution >= 4 is 17.2 Å². The number of carbonyl (C=O) groups is 1. The fourth-order valence-electron chi connectivity index (χ4n) is 2.57. The highest BCUT2D eigenvalue weighted by atomic mass is 32.1. The smallest absolute Gasteiger partial charge is 0.271 e. The summed E-state index contributed by atoms with van der Waals surface area (Å²) in [6.07, 6.45) is 5.30. The van der Waals surface area contributed by atoms with Crippen LogP contribution in [-0.2, 0) is 0 Å². The van der Waals surface area contributed by atoms with Crippen LogP contribution in [0.3, 0.4) is 0 Å². The first-order chi connectivity index (χ1) is 9.72. The topological polar surface area (TPSA) is 75.4 Å². The van der Waals surface area contributed by atoms with Crippen molar-refractivity contribution in [1.82, 2.24) is 10.3 Å². The lowest BCUT2D eigenvalue weighted by atomic mass is 9.99. The summed E-state index contributed by atoms with van der Waals surface area (Å²) in [6, 6.07) is 3.60. The molecule has 106 valence electrons. The highest BCUT2D eigenvalue weighted by Crippen LogP contribution is 2.30. The zero-order chi connectivity index (χ0) is 14.0. The summed E-state index contributed by atoms with van der Waals surface area (Å²) in [6.45, 7) is -0.0199. The third-order valence-electron chi connectivity index (χ3n) is 3.71. The number of aliphatic hydroxyl groups is 1. The van der Waals surface area contributed by atoms with Crippen LogP contribution in [0.1, 0.15) is 36.2 Å². The van der Waals surface area contributed by atoms with Gasteiger partial charge in [0.1, 0.15) is 5.69 Å². The van der Waals surface area contributed by atoms with Gasteiger partial charge >= 0.3 is 0 Å². The minimum Gasteiger partial charge on any atom is -0.462 e. The van der Waals surface area contributed by atoms with Crippen LogP contribution < -0.4 is 5.32 Å². The lowest BCUT2D eigenvalue weighted by Crippen LogP contribution is -2.49. The Labute approximate surface area is 120 Å². The summed E-state index contributed by atoms with van der Waals surface area (Å²) in [5.74, 6) is 0.432. The van der Waals surface area contributed by atoms with Gasteiger partial charge in [-0.25, -0.2) is 4.98 Å². The standard InChI is InChI=1S/C14H16N2O3S/c17-9-14(5-1-2-6-14)16-12(18)10-8-20-13(15-10)11-4-3-7-19-11/h3-4,7-8,17H,1-2,5-6,9H2,(H,16,18). The molecule has 0 radical (unpaired) electrons. The predicted octanol–water partition coefficient (Wildman–Crippen LogP) is 2.44. The number of aromatic nitrogens is 1. The molecule has 0 bridgehead atoms. The lowest BCUT2D eigenvalue weighted by Gasteiger charge is -2.27. The Morgan fingerprint density at radius 1 is 1.50 bits per heavy atom. The zero-order valence-corrected chi connectivity index (χ0v) is 11.8. The van der Waals surface area contributed by atoms with Gasteiger partial charge in [-0.1, -0.05) is 12.8 Å². The van der Waals surface area contributed by atoms with E-state index in [9.17, 15) is 9.90 Å². The molecule has 1 amide bonds. The van der Waals surface area contributed by atoms with Crippen molar-refractivity contribution in [2.45, 2.75) is 31.2 Å². The molecule has 0 unspecified atom stereocenters. The highest BCUT2D eigenvalue weighted by molar-refractivity contribution is 7.13. The number of hydrogen-bond donors (Lipinski definition) is 2. The van der Waals surface area contributed by atoms with Crippen molar-refractivity contribution in [3.8, 4) is 10.8 Å². The quantitative estimate of drug-likeness (QED) is 0.907. The summed E-state index contributed by atoms with van der Waals surface area (Å²) in [5, 5.41) is 14.9. The Hall–Kier alpha value is -1.66. The Kier molecular flexibility index (Phi) is 3.58. The van der Waals surface area contributed by atoms with Crippen LogP contribution >= 0.6 is 11.3 Å². The molecular weight excluding hydrogens is 276 g/mol. The molecule has 1 fully saturated rings. The molecule has 0 atom stereocenters. The van der Waals surface area contributed by atoms with Crippen molar-refractivity contribution in [2.24, 2.45) is 0 Å². The van der Waals surface area contributed by atoms with Crippen LogP contribution in [0.25, 0.3) is 10.8 Å². The van der Waals surface area contributed by atoms with Gasteiger partial charge in [0.25, 0.3) is 5.91 Å². The maximum absolute atomic E-state index is 12.2. The van der Waals surface area contributed by atoms with Crippen LogP contribution in [0.5, 0.6) is 0 Å². The van der Waals surface area contributed by atoms with Crippen LogP contribution in [0.4, 0.5) is 0 Å². The molecule has 0 aliphatic heterocycles. The maximum atomic E-state index is 12.2. The van der Waals surface area contributed by atoms with Crippen molar-refractivity contribution in [1.29, 1.82) is 0 Å². The Bertz CT molecular complexity index is 585. The molecule has 1 aliphatic rings. The van der Waals surface area contributed by atoms with E-state index in [0.717, 1.165) is 25.7 Å². The van der Waals surface area contributed by atoms with Gasteiger partial charge in [0.15, 0.2) is 10.8 Å². The van der Waals surface area contributed by atoms with Crippen LogP contribution in [-0.4, -0.2) is 28.1 Å². The molecule has 0 spiro atoms. The normalized spacial score (nSPS) is 17.2.